The van der Waals surface area contributed by atoms with Crippen molar-refractivity contribution in [2.75, 3.05) is 0 Å². The Morgan fingerprint density at radius 2 is 2.00 bits per heavy atom. The fourth-order valence-electron chi connectivity index (χ4n) is 3.08. The zero-order valence-electron chi connectivity index (χ0n) is 10.5. The van der Waals surface area contributed by atoms with Crippen molar-refractivity contribution in [3.8, 4) is 0 Å². The summed E-state index contributed by atoms with van der Waals surface area (Å²) in [4.78, 5) is 4.28. The summed E-state index contributed by atoms with van der Waals surface area (Å²) < 4.78 is 0. The zero-order chi connectivity index (χ0) is 12.4. The van der Waals surface area contributed by atoms with E-state index in [0.29, 0.717) is 11.3 Å². The molecule has 1 aliphatic carbocycles. The summed E-state index contributed by atoms with van der Waals surface area (Å²) in [5, 5.41) is 2.93. The van der Waals surface area contributed by atoms with Gasteiger partial charge in [0.1, 0.15) is 0 Å². The summed E-state index contributed by atoms with van der Waals surface area (Å²) in [6.07, 6.45) is 9.97. The molecule has 1 fully saturated rings. The van der Waals surface area contributed by atoms with Gasteiger partial charge in [-0.05, 0) is 42.2 Å². The number of pyridine rings is 1. The van der Waals surface area contributed by atoms with Crippen molar-refractivity contribution < 1.29 is 0 Å². The lowest BCUT2D eigenvalue weighted by Crippen LogP contribution is -2.04. The molecular formula is C16H18ClN. The molecule has 1 saturated carbocycles. The molecule has 0 saturated heterocycles. The highest BCUT2D eigenvalue weighted by molar-refractivity contribution is 6.20. The van der Waals surface area contributed by atoms with Crippen molar-refractivity contribution in [2.24, 2.45) is 0 Å². The predicted molar refractivity (Wildman–Crippen MR) is 77.2 cm³/mol. The average Bonchev–Trinajstić information content (AvgIpc) is 2.63. The van der Waals surface area contributed by atoms with E-state index in [1.165, 1.54) is 42.0 Å². The van der Waals surface area contributed by atoms with Gasteiger partial charge in [-0.1, -0.05) is 31.0 Å². The van der Waals surface area contributed by atoms with E-state index < -0.39 is 0 Å². The minimum atomic E-state index is 0.337. The van der Waals surface area contributed by atoms with Crippen LogP contribution in [0, 0.1) is 0 Å². The second-order valence-corrected chi connectivity index (χ2v) is 5.88. The van der Waals surface area contributed by atoms with Gasteiger partial charge >= 0.3 is 0 Å². The van der Waals surface area contributed by atoms with E-state index in [2.05, 4.69) is 29.2 Å². The molecule has 3 rings (SSSR count). The molecule has 0 amide bonds. The number of benzene rings is 1. The Hall–Kier alpha value is -1.08. The molecule has 2 aromatic rings. The van der Waals surface area contributed by atoms with Crippen LogP contribution < -0.4 is 0 Å². The van der Waals surface area contributed by atoms with Gasteiger partial charge in [-0.2, -0.15) is 0 Å². The fraction of sp³-hybridized carbons (Fsp3) is 0.438. The summed E-state index contributed by atoms with van der Waals surface area (Å²) >= 11 is 6.40. The number of hydrogen-bond acceptors (Lipinski definition) is 1. The van der Waals surface area contributed by atoms with Crippen molar-refractivity contribution in [2.45, 2.75) is 43.4 Å². The zero-order valence-corrected chi connectivity index (χ0v) is 11.2. The van der Waals surface area contributed by atoms with Crippen LogP contribution in [0.1, 0.15) is 43.6 Å². The maximum atomic E-state index is 6.40. The SMILES string of the molecule is ClC1CCCCC(c2cccc3ccncc23)C1. The summed E-state index contributed by atoms with van der Waals surface area (Å²) in [5.74, 6) is 0.600. The van der Waals surface area contributed by atoms with Gasteiger partial charge in [0.2, 0.25) is 0 Å². The quantitative estimate of drug-likeness (QED) is 0.525. The van der Waals surface area contributed by atoms with Crippen LogP contribution in [0.25, 0.3) is 10.8 Å². The molecule has 2 heteroatoms. The standard InChI is InChI=1S/C16H18ClN/c17-14-6-2-1-4-13(10-14)15-7-3-5-12-8-9-18-11-16(12)15/h3,5,7-9,11,13-14H,1-2,4,6,10H2. The fourth-order valence-corrected chi connectivity index (χ4v) is 3.45. The Labute approximate surface area is 113 Å². The highest BCUT2D eigenvalue weighted by Crippen LogP contribution is 2.36. The molecule has 0 bridgehead atoms. The number of rotatable bonds is 1. The molecule has 2 atom stereocenters. The summed E-state index contributed by atoms with van der Waals surface area (Å²) in [6, 6.07) is 8.67. The largest absolute Gasteiger partial charge is 0.264 e. The maximum Gasteiger partial charge on any atom is 0.0349 e. The van der Waals surface area contributed by atoms with Gasteiger partial charge in [0.15, 0.2) is 0 Å². The minimum absolute atomic E-state index is 0.337. The van der Waals surface area contributed by atoms with Crippen LogP contribution in [0.2, 0.25) is 0 Å². The lowest BCUT2D eigenvalue weighted by molar-refractivity contribution is 0.599. The number of aromatic nitrogens is 1. The van der Waals surface area contributed by atoms with Crippen LogP contribution in [-0.4, -0.2) is 10.4 Å². The summed E-state index contributed by atoms with van der Waals surface area (Å²) in [7, 11) is 0. The number of halogens is 1. The van der Waals surface area contributed by atoms with E-state index >= 15 is 0 Å². The molecular weight excluding hydrogens is 242 g/mol. The van der Waals surface area contributed by atoms with Crippen LogP contribution in [0.5, 0.6) is 0 Å². The normalized spacial score (nSPS) is 24.9. The molecule has 0 radical (unpaired) electrons. The highest BCUT2D eigenvalue weighted by atomic mass is 35.5. The van der Waals surface area contributed by atoms with Crippen molar-refractivity contribution in [1.82, 2.24) is 4.98 Å². The predicted octanol–water partition coefficient (Wildman–Crippen LogP) is 4.89. The number of nitrogens with zero attached hydrogens (tertiary/aromatic N) is 1. The van der Waals surface area contributed by atoms with Gasteiger partial charge < -0.3 is 0 Å². The second kappa shape index (κ2) is 5.27. The average molecular weight is 260 g/mol. The Bertz CT molecular complexity index is 532. The smallest absolute Gasteiger partial charge is 0.0349 e. The molecule has 1 aliphatic rings. The molecule has 1 aromatic heterocycles. The number of hydrogen-bond donors (Lipinski definition) is 0. The summed E-state index contributed by atoms with van der Waals surface area (Å²) in [5.41, 5.74) is 1.44. The molecule has 1 aromatic carbocycles. The van der Waals surface area contributed by atoms with Gasteiger partial charge in [0, 0.05) is 23.2 Å². The Kier molecular flexibility index (Phi) is 3.51. The third-order valence-electron chi connectivity index (χ3n) is 4.02. The van der Waals surface area contributed by atoms with Gasteiger partial charge in [-0.3, -0.25) is 4.98 Å². The minimum Gasteiger partial charge on any atom is -0.264 e. The van der Waals surface area contributed by atoms with Crippen LogP contribution in [0.3, 0.4) is 0 Å². The van der Waals surface area contributed by atoms with Gasteiger partial charge in [-0.15, -0.1) is 11.6 Å². The Morgan fingerprint density at radius 1 is 1.11 bits per heavy atom. The molecule has 2 unspecified atom stereocenters. The van der Waals surface area contributed by atoms with Crippen LogP contribution in [0.4, 0.5) is 0 Å². The lowest BCUT2D eigenvalue weighted by atomic mass is 9.89. The molecule has 1 nitrogen and oxygen atoms in total. The monoisotopic (exact) mass is 259 g/mol. The van der Waals surface area contributed by atoms with Gasteiger partial charge in [0.25, 0.3) is 0 Å². The molecule has 0 N–H and O–H groups in total. The number of alkyl halides is 1. The number of fused-ring (bicyclic) bond motifs is 1. The Morgan fingerprint density at radius 3 is 2.94 bits per heavy atom. The van der Waals surface area contributed by atoms with Crippen molar-refractivity contribution >= 4 is 22.4 Å². The van der Waals surface area contributed by atoms with E-state index in [1.54, 1.807) is 0 Å². The van der Waals surface area contributed by atoms with Gasteiger partial charge in [-0.25, -0.2) is 0 Å². The Balaban J connectivity index is 2.02. The summed E-state index contributed by atoms with van der Waals surface area (Å²) in [6.45, 7) is 0. The second-order valence-electron chi connectivity index (χ2n) is 5.26. The van der Waals surface area contributed by atoms with E-state index in [1.807, 2.05) is 12.4 Å². The first kappa shape index (κ1) is 12.0. The molecule has 0 aliphatic heterocycles. The first-order valence-electron chi connectivity index (χ1n) is 6.81. The van der Waals surface area contributed by atoms with E-state index in [4.69, 9.17) is 11.6 Å². The third-order valence-corrected chi connectivity index (χ3v) is 4.41. The van der Waals surface area contributed by atoms with Crippen LogP contribution in [-0.2, 0) is 0 Å². The highest BCUT2D eigenvalue weighted by Gasteiger charge is 2.21. The molecule has 0 spiro atoms. The first-order chi connectivity index (χ1) is 8.84. The van der Waals surface area contributed by atoms with Crippen LogP contribution >= 0.6 is 11.6 Å². The van der Waals surface area contributed by atoms with E-state index in [9.17, 15) is 0 Å². The van der Waals surface area contributed by atoms with E-state index in [0.717, 1.165) is 6.42 Å². The third kappa shape index (κ3) is 2.37. The molecule has 18 heavy (non-hydrogen) atoms. The van der Waals surface area contributed by atoms with Crippen molar-refractivity contribution in [3.05, 3.63) is 42.2 Å². The van der Waals surface area contributed by atoms with Crippen molar-refractivity contribution in [1.29, 1.82) is 0 Å². The van der Waals surface area contributed by atoms with Crippen LogP contribution in [0.15, 0.2) is 36.7 Å². The molecule has 1 heterocycles. The topological polar surface area (TPSA) is 12.9 Å². The molecule has 94 valence electrons. The van der Waals surface area contributed by atoms with E-state index in [-0.39, 0.29) is 0 Å². The van der Waals surface area contributed by atoms with Crippen molar-refractivity contribution in [3.63, 3.8) is 0 Å². The first-order valence-corrected chi connectivity index (χ1v) is 7.25. The lowest BCUT2D eigenvalue weighted by Gasteiger charge is -2.18. The maximum absolute atomic E-state index is 6.40. The van der Waals surface area contributed by atoms with Gasteiger partial charge in [0.05, 0.1) is 0 Å².